The predicted octanol–water partition coefficient (Wildman–Crippen LogP) is 3.40. The average Bonchev–Trinajstić information content (AvgIpc) is 3.24. The second-order valence-corrected chi connectivity index (χ2v) is 5.91. The van der Waals surface area contributed by atoms with E-state index in [-0.39, 0.29) is 17.8 Å². The number of benzene rings is 1. The van der Waals surface area contributed by atoms with Gasteiger partial charge in [-0.25, -0.2) is 4.39 Å². The molecular weight excluding hydrogens is 295 g/mol. The highest BCUT2D eigenvalue weighted by Crippen LogP contribution is 2.31. The van der Waals surface area contributed by atoms with Gasteiger partial charge in [0.1, 0.15) is 11.5 Å². The highest BCUT2D eigenvalue weighted by atomic mass is 19.1. The SMILES string of the molecule is O=C(c1cc2cccc(F)c2[nH]1)N1CCCCC1c1ccn[nH]1. The van der Waals surface area contributed by atoms with Crippen molar-refractivity contribution in [3.05, 3.63) is 53.7 Å². The normalized spacial score (nSPS) is 18.5. The van der Waals surface area contributed by atoms with Crippen LogP contribution >= 0.6 is 0 Å². The summed E-state index contributed by atoms with van der Waals surface area (Å²) in [6.07, 6.45) is 4.66. The number of aromatic nitrogens is 3. The van der Waals surface area contributed by atoms with Crippen LogP contribution in [-0.2, 0) is 0 Å². The van der Waals surface area contributed by atoms with Gasteiger partial charge in [-0.1, -0.05) is 12.1 Å². The van der Waals surface area contributed by atoms with Gasteiger partial charge in [-0.2, -0.15) is 5.10 Å². The summed E-state index contributed by atoms with van der Waals surface area (Å²) in [6.45, 7) is 0.695. The van der Waals surface area contributed by atoms with Crippen LogP contribution in [0.2, 0.25) is 0 Å². The van der Waals surface area contributed by atoms with Crippen molar-refractivity contribution in [1.29, 1.82) is 0 Å². The zero-order valence-electron chi connectivity index (χ0n) is 12.6. The van der Waals surface area contributed by atoms with Crippen molar-refractivity contribution in [1.82, 2.24) is 20.1 Å². The van der Waals surface area contributed by atoms with Crippen LogP contribution in [0.1, 0.15) is 41.5 Å². The fourth-order valence-electron chi connectivity index (χ4n) is 3.34. The maximum absolute atomic E-state index is 13.8. The number of nitrogens with one attached hydrogen (secondary N) is 2. The summed E-state index contributed by atoms with van der Waals surface area (Å²) >= 11 is 0. The van der Waals surface area contributed by atoms with E-state index in [2.05, 4.69) is 15.2 Å². The highest BCUT2D eigenvalue weighted by Gasteiger charge is 2.30. The average molecular weight is 312 g/mol. The monoisotopic (exact) mass is 312 g/mol. The van der Waals surface area contributed by atoms with Crippen LogP contribution in [0.4, 0.5) is 4.39 Å². The van der Waals surface area contributed by atoms with Crippen LogP contribution in [0, 0.1) is 5.82 Å². The minimum absolute atomic E-state index is 0.00462. The number of para-hydroxylation sites is 1. The molecule has 1 aliphatic heterocycles. The summed E-state index contributed by atoms with van der Waals surface area (Å²) in [5, 5.41) is 7.67. The summed E-state index contributed by atoms with van der Waals surface area (Å²) < 4.78 is 13.8. The Bertz CT molecular complexity index is 840. The Morgan fingerprint density at radius 1 is 1.30 bits per heavy atom. The summed E-state index contributed by atoms with van der Waals surface area (Å²) in [5.74, 6) is -0.440. The largest absolute Gasteiger partial charge is 0.348 e. The van der Waals surface area contributed by atoms with Crippen molar-refractivity contribution in [2.75, 3.05) is 6.54 Å². The number of hydrogen-bond donors (Lipinski definition) is 2. The van der Waals surface area contributed by atoms with Crippen molar-refractivity contribution in [3.8, 4) is 0 Å². The smallest absolute Gasteiger partial charge is 0.270 e. The molecule has 0 spiro atoms. The molecule has 1 unspecified atom stereocenters. The highest BCUT2D eigenvalue weighted by molar-refractivity contribution is 5.98. The van der Waals surface area contributed by atoms with E-state index in [9.17, 15) is 9.18 Å². The number of carbonyl (C=O) groups excluding carboxylic acids is 1. The van der Waals surface area contributed by atoms with Gasteiger partial charge >= 0.3 is 0 Å². The quantitative estimate of drug-likeness (QED) is 0.761. The third-order valence-corrected chi connectivity index (χ3v) is 4.48. The lowest BCUT2D eigenvalue weighted by Gasteiger charge is -2.34. The van der Waals surface area contributed by atoms with E-state index >= 15 is 0 Å². The molecule has 1 amide bonds. The molecule has 6 heteroatoms. The van der Waals surface area contributed by atoms with Crippen molar-refractivity contribution in [2.45, 2.75) is 25.3 Å². The maximum atomic E-state index is 13.8. The van der Waals surface area contributed by atoms with Gasteiger partial charge in [-0.05, 0) is 37.5 Å². The van der Waals surface area contributed by atoms with Gasteiger partial charge in [0.2, 0.25) is 0 Å². The molecule has 0 saturated carbocycles. The number of fused-ring (bicyclic) bond motifs is 1. The summed E-state index contributed by atoms with van der Waals surface area (Å²) in [4.78, 5) is 17.7. The lowest BCUT2D eigenvalue weighted by Crippen LogP contribution is -2.38. The number of aromatic amines is 2. The first-order valence-electron chi connectivity index (χ1n) is 7.81. The number of likely N-dealkylation sites (tertiary alicyclic amines) is 1. The number of halogens is 1. The third kappa shape index (κ3) is 2.40. The van der Waals surface area contributed by atoms with Gasteiger partial charge < -0.3 is 9.88 Å². The molecule has 2 aromatic heterocycles. The first-order valence-corrected chi connectivity index (χ1v) is 7.81. The molecule has 0 radical (unpaired) electrons. The Kier molecular flexibility index (Phi) is 3.37. The van der Waals surface area contributed by atoms with Crippen LogP contribution in [-0.4, -0.2) is 32.5 Å². The second kappa shape index (κ2) is 5.53. The maximum Gasteiger partial charge on any atom is 0.270 e. The van der Waals surface area contributed by atoms with E-state index in [1.54, 1.807) is 24.4 Å². The fourth-order valence-corrected chi connectivity index (χ4v) is 3.34. The molecule has 5 nitrogen and oxygen atoms in total. The Morgan fingerprint density at radius 3 is 3.00 bits per heavy atom. The van der Waals surface area contributed by atoms with Crippen molar-refractivity contribution in [3.63, 3.8) is 0 Å². The molecule has 0 aliphatic carbocycles. The molecular formula is C17H17FN4O. The van der Waals surface area contributed by atoms with Crippen molar-refractivity contribution < 1.29 is 9.18 Å². The van der Waals surface area contributed by atoms with E-state index in [1.807, 2.05) is 11.0 Å². The molecule has 1 aromatic carbocycles. The molecule has 1 atom stereocenters. The molecule has 23 heavy (non-hydrogen) atoms. The number of hydrogen-bond acceptors (Lipinski definition) is 2. The Labute approximate surface area is 132 Å². The van der Waals surface area contributed by atoms with Crippen LogP contribution < -0.4 is 0 Å². The van der Waals surface area contributed by atoms with E-state index in [1.165, 1.54) is 6.07 Å². The topological polar surface area (TPSA) is 64.8 Å². The van der Waals surface area contributed by atoms with E-state index in [0.29, 0.717) is 23.1 Å². The van der Waals surface area contributed by atoms with E-state index in [4.69, 9.17) is 0 Å². The predicted molar refractivity (Wildman–Crippen MR) is 84.5 cm³/mol. The Balaban J connectivity index is 1.69. The van der Waals surface area contributed by atoms with Gasteiger partial charge in [0, 0.05) is 18.1 Å². The first kappa shape index (κ1) is 14.0. The van der Waals surface area contributed by atoms with Crippen LogP contribution in [0.3, 0.4) is 0 Å². The van der Waals surface area contributed by atoms with Crippen LogP contribution in [0.5, 0.6) is 0 Å². The second-order valence-electron chi connectivity index (χ2n) is 5.91. The van der Waals surface area contributed by atoms with E-state index < -0.39 is 0 Å². The molecule has 4 rings (SSSR count). The molecule has 1 aliphatic rings. The van der Waals surface area contributed by atoms with Gasteiger partial charge in [-0.15, -0.1) is 0 Å². The molecule has 3 aromatic rings. The van der Waals surface area contributed by atoms with Gasteiger partial charge in [0.05, 0.1) is 17.3 Å². The number of nitrogens with zero attached hydrogens (tertiary/aromatic N) is 2. The lowest BCUT2D eigenvalue weighted by molar-refractivity contribution is 0.0601. The van der Waals surface area contributed by atoms with Gasteiger partial charge in [-0.3, -0.25) is 9.89 Å². The van der Waals surface area contributed by atoms with E-state index in [0.717, 1.165) is 25.0 Å². The molecule has 0 bridgehead atoms. The summed E-state index contributed by atoms with van der Waals surface area (Å²) in [6, 6.07) is 8.46. The number of amides is 1. The molecule has 1 saturated heterocycles. The molecule has 118 valence electrons. The minimum Gasteiger partial charge on any atom is -0.348 e. The fraction of sp³-hybridized carbons (Fsp3) is 0.294. The first-order chi connectivity index (χ1) is 11.2. The van der Waals surface area contributed by atoms with Gasteiger partial charge in [0.25, 0.3) is 5.91 Å². The van der Waals surface area contributed by atoms with Crippen molar-refractivity contribution >= 4 is 16.8 Å². The van der Waals surface area contributed by atoms with Crippen LogP contribution in [0.25, 0.3) is 10.9 Å². The number of H-pyrrole nitrogens is 2. The van der Waals surface area contributed by atoms with Crippen molar-refractivity contribution in [2.24, 2.45) is 0 Å². The Morgan fingerprint density at radius 2 is 2.22 bits per heavy atom. The summed E-state index contributed by atoms with van der Waals surface area (Å²) in [5.41, 5.74) is 1.75. The number of rotatable bonds is 2. The Hall–Kier alpha value is -2.63. The molecule has 2 N–H and O–H groups in total. The number of piperidine rings is 1. The molecule has 1 fully saturated rings. The standard InChI is InChI=1S/C17H17FN4O/c18-12-5-3-4-11-10-14(20-16(11)12)17(23)22-9-2-1-6-15(22)13-7-8-19-21-13/h3-5,7-8,10,15,20H,1-2,6,9H2,(H,19,21). The lowest BCUT2D eigenvalue weighted by atomic mass is 9.99. The van der Waals surface area contributed by atoms with Crippen LogP contribution in [0.15, 0.2) is 36.5 Å². The van der Waals surface area contributed by atoms with Gasteiger partial charge in [0.15, 0.2) is 0 Å². The minimum atomic E-state index is -0.342. The zero-order valence-corrected chi connectivity index (χ0v) is 12.6. The molecule has 3 heterocycles. The summed E-state index contributed by atoms with van der Waals surface area (Å²) in [7, 11) is 0. The zero-order chi connectivity index (χ0) is 15.8. The number of carbonyl (C=O) groups is 1. The third-order valence-electron chi connectivity index (χ3n) is 4.48.